The number of nitrogens with two attached hydrogens (primary N) is 1. The molecule has 3 nitrogen and oxygen atoms in total. The van der Waals surface area contributed by atoms with Crippen LogP contribution in [0.1, 0.15) is 18.9 Å². The molecular formula is C12H19NO2. The summed E-state index contributed by atoms with van der Waals surface area (Å²) < 4.78 is 5.62. The molecule has 0 radical (unpaired) electrons. The average Bonchev–Trinajstić information content (AvgIpc) is 2.25. The van der Waals surface area contributed by atoms with Crippen molar-refractivity contribution in [3.63, 3.8) is 0 Å². The number of benzene rings is 1. The Morgan fingerprint density at radius 2 is 2.20 bits per heavy atom. The van der Waals surface area contributed by atoms with Crippen LogP contribution in [0.25, 0.3) is 0 Å². The molecule has 0 spiro atoms. The molecule has 0 aliphatic carbocycles. The van der Waals surface area contributed by atoms with E-state index in [2.05, 4.69) is 0 Å². The van der Waals surface area contributed by atoms with Crippen molar-refractivity contribution >= 4 is 0 Å². The molecule has 0 heterocycles. The minimum Gasteiger partial charge on any atom is -0.486 e. The van der Waals surface area contributed by atoms with Crippen molar-refractivity contribution < 1.29 is 9.84 Å². The summed E-state index contributed by atoms with van der Waals surface area (Å²) in [6, 6.07) is 7.61. The number of hydrogen-bond donors (Lipinski definition) is 2. The molecule has 84 valence electrons. The highest BCUT2D eigenvalue weighted by Crippen LogP contribution is 2.15. The molecule has 0 bridgehead atoms. The Hall–Kier alpha value is -1.06. The molecule has 1 aromatic rings. The van der Waals surface area contributed by atoms with E-state index in [-0.39, 0.29) is 18.8 Å². The van der Waals surface area contributed by atoms with E-state index in [1.165, 1.54) is 0 Å². The summed E-state index contributed by atoms with van der Waals surface area (Å²) in [6.07, 6.45) is 0.466. The first-order valence-electron chi connectivity index (χ1n) is 5.27. The van der Waals surface area contributed by atoms with Crippen LogP contribution in [-0.4, -0.2) is 23.9 Å². The van der Waals surface area contributed by atoms with Crippen LogP contribution in [0.2, 0.25) is 0 Å². The van der Waals surface area contributed by atoms with Gasteiger partial charge in [0.2, 0.25) is 0 Å². The molecule has 2 unspecified atom stereocenters. The lowest BCUT2D eigenvalue weighted by Gasteiger charge is -2.22. The molecule has 0 amide bonds. The maximum atomic E-state index is 9.15. The maximum Gasteiger partial charge on any atom is 0.137 e. The zero-order chi connectivity index (χ0) is 11.3. The topological polar surface area (TPSA) is 55.5 Å². The number of ether oxygens (including phenoxy) is 1. The van der Waals surface area contributed by atoms with Gasteiger partial charge in [0.05, 0.1) is 6.61 Å². The predicted molar refractivity (Wildman–Crippen MR) is 60.9 cm³/mol. The SMILES string of the molecule is CCC(N)C(CO)Oc1cccc(C)c1. The molecule has 0 aromatic heterocycles. The minimum atomic E-state index is -0.322. The highest BCUT2D eigenvalue weighted by molar-refractivity contribution is 5.27. The van der Waals surface area contributed by atoms with Crippen LogP contribution in [-0.2, 0) is 0 Å². The van der Waals surface area contributed by atoms with E-state index >= 15 is 0 Å². The van der Waals surface area contributed by atoms with Gasteiger partial charge in [0.25, 0.3) is 0 Å². The fourth-order valence-electron chi connectivity index (χ4n) is 1.39. The first-order chi connectivity index (χ1) is 7.17. The van der Waals surface area contributed by atoms with E-state index in [1.54, 1.807) is 0 Å². The highest BCUT2D eigenvalue weighted by Gasteiger charge is 2.16. The smallest absolute Gasteiger partial charge is 0.137 e. The van der Waals surface area contributed by atoms with E-state index in [4.69, 9.17) is 15.6 Å². The monoisotopic (exact) mass is 209 g/mol. The minimum absolute atomic E-state index is 0.0526. The predicted octanol–water partition coefficient (Wildman–Crippen LogP) is 1.47. The Balaban J connectivity index is 2.66. The van der Waals surface area contributed by atoms with E-state index in [0.29, 0.717) is 0 Å². The molecule has 0 aliphatic heterocycles. The average molecular weight is 209 g/mol. The van der Waals surface area contributed by atoms with Gasteiger partial charge in [0.15, 0.2) is 0 Å². The lowest BCUT2D eigenvalue weighted by molar-refractivity contribution is 0.0932. The normalized spacial score (nSPS) is 14.7. The lowest BCUT2D eigenvalue weighted by atomic mass is 10.1. The summed E-state index contributed by atoms with van der Waals surface area (Å²) >= 11 is 0. The zero-order valence-electron chi connectivity index (χ0n) is 9.31. The van der Waals surface area contributed by atoms with Crippen molar-refractivity contribution in [2.75, 3.05) is 6.61 Å². The second kappa shape index (κ2) is 5.73. The van der Waals surface area contributed by atoms with E-state index in [0.717, 1.165) is 17.7 Å². The molecule has 0 saturated heterocycles. The standard InChI is InChI=1S/C12H19NO2/c1-3-11(13)12(8-14)15-10-6-4-5-9(2)7-10/h4-7,11-12,14H,3,8,13H2,1-2H3. The molecule has 3 N–H and O–H groups in total. The van der Waals surface area contributed by atoms with Crippen LogP contribution in [0.3, 0.4) is 0 Å². The lowest BCUT2D eigenvalue weighted by Crippen LogP contribution is -2.41. The Kier molecular flexibility index (Phi) is 4.59. The molecular weight excluding hydrogens is 190 g/mol. The maximum absolute atomic E-state index is 9.15. The summed E-state index contributed by atoms with van der Waals surface area (Å²) in [5.74, 6) is 0.762. The van der Waals surface area contributed by atoms with Crippen LogP contribution < -0.4 is 10.5 Å². The van der Waals surface area contributed by atoms with Crippen LogP contribution in [0, 0.1) is 6.92 Å². The van der Waals surface area contributed by atoms with E-state index < -0.39 is 0 Å². The summed E-state index contributed by atoms with van der Waals surface area (Å²) in [4.78, 5) is 0. The third-order valence-corrected chi connectivity index (χ3v) is 2.41. The second-order valence-corrected chi connectivity index (χ2v) is 3.73. The summed E-state index contributed by atoms with van der Waals surface area (Å²) in [5, 5.41) is 9.15. The molecule has 1 rings (SSSR count). The summed E-state index contributed by atoms with van der Waals surface area (Å²) in [6.45, 7) is 3.93. The summed E-state index contributed by atoms with van der Waals surface area (Å²) in [7, 11) is 0. The number of aliphatic hydroxyl groups excluding tert-OH is 1. The van der Waals surface area contributed by atoms with Gasteiger partial charge in [-0.05, 0) is 31.0 Å². The van der Waals surface area contributed by atoms with E-state index in [9.17, 15) is 0 Å². The van der Waals surface area contributed by atoms with Crippen molar-refractivity contribution in [3.05, 3.63) is 29.8 Å². The Bertz CT molecular complexity index is 301. The number of hydrogen-bond acceptors (Lipinski definition) is 3. The number of aliphatic hydroxyl groups is 1. The van der Waals surface area contributed by atoms with Gasteiger partial charge in [0.1, 0.15) is 11.9 Å². The van der Waals surface area contributed by atoms with Gasteiger partial charge in [-0.15, -0.1) is 0 Å². The second-order valence-electron chi connectivity index (χ2n) is 3.73. The van der Waals surface area contributed by atoms with Crippen molar-refractivity contribution in [2.45, 2.75) is 32.4 Å². The zero-order valence-corrected chi connectivity index (χ0v) is 9.31. The highest BCUT2D eigenvalue weighted by atomic mass is 16.5. The molecule has 15 heavy (non-hydrogen) atoms. The van der Waals surface area contributed by atoms with Gasteiger partial charge in [-0.3, -0.25) is 0 Å². The quantitative estimate of drug-likeness (QED) is 0.772. The van der Waals surface area contributed by atoms with Crippen molar-refractivity contribution in [3.8, 4) is 5.75 Å². The van der Waals surface area contributed by atoms with Crippen molar-refractivity contribution in [2.24, 2.45) is 5.73 Å². The van der Waals surface area contributed by atoms with Crippen LogP contribution in [0.4, 0.5) is 0 Å². The Labute approximate surface area is 90.9 Å². The number of rotatable bonds is 5. The Morgan fingerprint density at radius 3 is 2.73 bits per heavy atom. The van der Waals surface area contributed by atoms with Gasteiger partial charge in [-0.2, -0.15) is 0 Å². The van der Waals surface area contributed by atoms with Gasteiger partial charge in [-0.1, -0.05) is 19.1 Å². The van der Waals surface area contributed by atoms with Crippen molar-refractivity contribution in [1.29, 1.82) is 0 Å². The van der Waals surface area contributed by atoms with Crippen LogP contribution >= 0.6 is 0 Å². The molecule has 0 aliphatic rings. The van der Waals surface area contributed by atoms with Gasteiger partial charge in [-0.25, -0.2) is 0 Å². The molecule has 2 atom stereocenters. The summed E-state index contributed by atoms with van der Waals surface area (Å²) in [5.41, 5.74) is 6.96. The third kappa shape index (κ3) is 3.53. The number of aryl methyl sites for hydroxylation is 1. The fourth-order valence-corrected chi connectivity index (χ4v) is 1.39. The first-order valence-corrected chi connectivity index (χ1v) is 5.27. The molecule has 0 saturated carbocycles. The van der Waals surface area contributed by atoms with E-state index in [1.807, 2.05) is 38.1 Å². The molecule has 0 fully saturated rings. The largest absolute Gasteiger partial charge is 0.486 e. The van der Waals surface area contributed by atoms with Gasteiger partial charge < -0.3 is 15.6 Å². The third-order valence-electron chi connectivity index (χ3n) is 2.41. The van der Waals surface area contributed by atoms with Crippen LogP contribution in [0.15, 0.2) is 24.3 Å². The van der Waals surface area contributed by atoms with Crippen LogP contribution in [0.5, 0.6) is 5.75 Å². The fraction of sp³-hybridized carbons (Fsp3) is 0.500. The first kappa shape index (κ1) is 12.0. The van der Waals surface area contributed by atoms with Gasteiger partial charge in [0, 0.05) is 6.04 Å². The molecule has 3 heteroatoms. The van der Waals surface area contributed by atoms with Crippen molar-refractivity contribution in [1.82, 2.24) is 0 Å². The van der Waals surface area contributed by atoms with Gasteiger partial charge >= 0.3 is 0 Å². The molecule has 1 aromatic carbocycles. The Morgan fingerprint density at radius 1 is 1.47 bits per heavy atom.